The molecule has 0 atom stereocenters. The summed E-state index contributed by atoms with van der Waals surface area (Å²) in [6, 6.07) is 9.46. The summed E-state index contributed by atoms with van der Waals surface area (Å²) in [6.07, 6.45) is -4.50. The lowest BCUT2D eigenvalue weighted by atomic mass is 10.0. The summed E-state index contributed by atoms with van der Waals surface area (Å²) in [4.78, 5) is 20.1. The van der Waals surface area contributed by atoms with Gasteiger partial charge in [0.25, 0.3) is 0 Å². The van der Waals surface area contributed by atoms with Crippen molar-refractivity contribution in [3.05, 3.63) is 59.2 Å². The predicted molar refractivity (Wildman–Crippen MR) is 96.4 cm³/mol. The molecule has 0 radical (unpaired) electrons. The molecule has 2 aromatic rings. The quantitative estimate of drug-likeness (QED) is 0.601. The number of hydrogen-bond acceptors (Lipinski definition) is 6. The van der Waals surface area contributed by atoms with Gasteiger partial charge in [-0.2, -0.15) is 13.2 Å². The molecule has 0 spiro atoms. The largest absolute Gasteiger partial charge is 0.482 e. The molecule has 0 unspecified atom stereocenters. The summed E-state index contributed by atoms with van der Waals surface area (Å²) in [5.41, 5.74) is -0.408. The Bertz CT molecular complexity index is 986. The molecule has 0 bridgehead atoms. The van der Waals surface area contributed by atoms with Crippen LogP contribution in [0.5, 0.6) is 5.75 Å². The third-order valence-corrected chi connectivity index (χ3v) is 3.93. The first kappa shape index (κ1) is 20.2. The van der Waals surface area contributed by atoms with Crippen LogP contribution in [0.1, 0.15) is 16.7 Å². The van der Waals surface area contributed by atoms with Crippen LogP contribution in [0.15, 0.2) is 52.6 Å². The Balaban J connectivity index is 1.82. The summed E-state index contributed by atoms with van der Waals surface area (Å²) in [5.74, 6) is -1.01. The number of benzene rings is 2. The second-order valence-corrected chi connectivity index (χ2v) is 5.85. The summed E-state index contributed by atoms with van der Waals surface area (Å²) in [5, 5.41) is 12.8. The third-order valence-electron chi connectivity index (χ3n) is 3.93. The zero-order valence-corrected chi connectivity index (χ0v) is 15.1. The number of carboxylic acids is 1. The Hall–Kier alpha value is -3.56. The number of fused-ring (bicyclic) bond motifs is 1. The van der Waals surface area contributed by atoms with Crippen molar-refractivity contribution in [1.82, 2.24) is 0 Å². The fraction of sp³-hybridized carbons (Fsp3) is 0.211. The van der Waals surface area contributed by atoms with Gasteiger partial charge in [-0.05, 0) is 23.8 Å². The molecule has 0 aromatic heterocycles. The van der Waals surface area contributed by atoms with Crippen molar-refractivity contribution in [2.75, 3.05) is 13.7 Å². The van der Waals surface area contributed by atoms with Gasteiger partial charge in [-0.15, -0.1) is 0 Å². The molecule has 1 aliphatic rings. The molecule has 1 heterocycles. The van der Waals surface area contributed by atoms with E-state index in [1.54, 1.807) is 18.2 Å². The topological polar surface area (TPSA) is 89.7 Å². The number of carboxylic acid groups (broad SMARTS) is 1. The van der Waals surface area contributed by atoms with Gasteiger partial charge in [0.1, 0.15) is 25.2 Å². The zero-order chi connectivity index (χ0) is 21.0. The Morgan fingerprint density at radius 3 is 2.72 bits per heavy atom. The lowest BCUT2D eigenvalue weighted by Crippen LogP contribution is -2.20. The standard InChI is InChI=1S/C19H15F3N2O5/c1-27-24-17(18(25)26)13-5-3-2-4-11(13)9-29-16-10-28-15-7-6-12(19(20,21)22)8-14(15)23-16/h2-8H,9-10H2,1H3,(H,25,26)/b24-17+. The van der Waals surface area contributed by atoms with E-state index >= 15 is 0 Å². The molecular formula is C19H15F3N2O5. The van der Waals surface area contributed by atoms with Gasteiger partial charge >= 0.3 is 12.1 Å². The fourth-order valence-electron chi connectivity index (χ4n) is 2.62. The number of halogens is 3. The maximum Gasteiger partial charge on any atom is 0.416 e. The number of hydrogen-bond donors (Lipinski definition) is 1. The second kappa shape index (κ2) is 8.21. The van der Waals surface area contributed by atoms with E-state index in [0.29, 0.717) is 5.56 Å². The van der Waals surface area contributed by atoms with Gasteiger partial charge in [-0.1, -0.05) is 29.4 Å². The predicted octanol–water partition coefficient (Wildman–Crippen LogP) is 3.78. The Morgan fingerprint density at radius 1 is 1.28 bits per heavy atom. The van der Waals surface area contributed by atoms with Crippen molar-refractivity contribution < 1.29 is 37.4 Å². The van der Waals surface area contributed by atoms with Crippen LogP contribution in [-0.2, 0) is 27.2 Å². The highest BCUT2D eigenvalue weighted by Crippen LogP contribution is 2.37. The molecule has 1 N–H and O–H groups in total. The van der Waals surface area contributed by atoms with Crippen molar-refractivity contribution in [1.29, 1.82) is 0 Å². The third kappa shape index (κ3) is 4.65. The van der Waals surface area contributed by atoms with Gasteiger partial charge in [0, 0.05) is 5.56 Å². The minimum Gasteiger partial charge on any atom is -0.482 e. The first-order chi connectivity index (χ1) is 13.8. The molecule has 0 fully saturated rings. The lowest BCUT2D eigenvalue weighted by Gasteiger charge is -2.19. The summed E-state index contributed by atoms with van der Waals surface area (Å²) >= 11 is 0. The summed E-state index contributed by atoms with van der Waals surface area (Å²) in [7, 11) is 1.23. The molecule has 7 nitrogen and oxygen atoms in total. The van der Waals surface area contributed by atoms with Crippen molar-refractivity contribution in [3.63, 3.8) is 0 Å². The fourth-order valence-corrected chi connectivity index (χ4v) is 2.62. The first-order valence-electron chi connectivity index (χ1n) is 8.26. The highest BCUT2D eigenvalue weighted by molar-refractivity contribution is 6.42. The first-order valence-corrected chi connectivity index (χ1v) is 8.26. The minimum absolute atomic E-state index is 0.00142. The van der Waals surface area contributed by atoms with Crippen LogP contribution in [0.25, 0.3) is 0 Å². The molecule has 0 aliphatic carbocycles. The van der Waals surface area contributed by atoms with Crippen LogP contribution >= 0.6 is 0 Å². The number of rotatable bonds is 5. The van der Waals surface area contributed by atoms with Gasteiger partial charge < -0.3 is 19.4 Å². The van der Waals surface area contributed by atoms with Crippen molar-refractivity contribution >= 4 is 23.3 Å². The van der Waals surface area contributed by atoms with Gasteiger partial charge in [-0.3, -0.25) is 0 Å². The number of carbonyl (C=O) groups is 1. The minimum atomic E-state index is -4.50. The molecule has 10 heteroatoms. The number of ether oxygens (including phenoxy) is 2. The van der Waals surface area contributed by atoms with E-state index < -0.39 is 17.7 Å². The van der Waals surface area contributed by atoms with E-state index in [1.807, 2.05) is 0 Å². The van der Waals surface area contributed by atoms with Gasteiger partial charge in [0.05, 0.1) is 5.56 Å². The number of aliphatic imine (C=N–C) groups is 1. The maximum absolute atomic E-state index is 12.9. The second-order valence-electron chi connectivity index (χ2n) is 5.85. The maximum atomic E-state index is 12.9. The SMILES string of the molecule is CO/N=C(/C(=O)O)c1ccccc1COC1=Nc2cc(C(F)(F)F)ccc2OC1. The van der Waals surface area contributed by atoms with Crippen molar-refractivity contribution in [3.8, 4) is 5.75 Å². The van der Waals surface area contributed by atoms with Crippen molar-refractivity contribution in [2.45, 2.75) is 12.8 Å². The van der Waals surface area contributed by atoms with Crippen LogP contribution in [-0.4, -0.2) is 36.4 Å². The van der Waals surface area contributed by atoms with Crippen LogP contribution in [0, 0.1) is 0 Å². The Morgan fingerprint density at radius 2 is 2.03 bits per heavy atom. The van der Waals surface area contributed by atoms with Crippen LogP contribution in [0.4, 0.5) is 18.9 Å². The average Bonchev–Trinajstić information content (AvgIpc) is 2.69. The summed E-state index contributed by atoms with van der Waals surface area (Å²) in [6.45, 7) is -0.166. The smallest absolute Gasteiger partial charge is 0.416 e. The van der Waals surface area contributed by atoms with E-state index in [9.17, 15) is 23.1 Å². The van der Waals surface area contributed by atoms with Gasteiger partial charge in [0.2, 0.25) is 5.90 Å². The van der Waals surface area contributed by atoms with E-state index in [-0.39, 0.29) is 41.8 Å². The molecule has 29 heavy (non-hydrogen) atoms. The molecule has 1 aliphatic heterocycles. The van der Waals surface area contributed by atoms with Crippen LogP contribution in [0.3, 0.4) is 0 Å². The van der Waals surface area contributed by atoms with E-state index in [4.69, 9.17) is 9.47 Å². The normalized spacial score (nSPS) is 13.8. The monoisotopic (exact) mass is 408 g/mol. The Kier molecular flexibility index (Phi) is 5.71. The number of aliphatic carboxylic acids is 1. The molecule has 0 saturated heterocycles. The molecule has 0 amide bonds. The molecule has 152 valence electrons. The van der Waals surface area contributed by atoms with E-state index in [0.717, 1.165) is 12.1 Å². The molecular weight excluding hydrogens is 393 g/mol. The lowest BCUT2D eigenvalue weighted by molar-refractivity contribution is -0.137. The van der Waals surface area contributed by atoms with Gasteiger partial charge in [-0.25, -0.2) is 9.79 Å². The van der Waals surface area contributed by atoms with Crippen molar-refractivity contribution in [2.24, 2.45) is 10.1 Å². The molecule has 2 aromatic carbocycles. The molecule has 0 saturated carbocycles. The van der Waals surface area contributed by atoms with E-state index in [2.05, 4.69) is 15.0 Å². The van der Waals surface area contributed by atoms with E-state index in [1.165, 1.54) is 19.2 Å². The number of alkyl halides is 3. The number of nitrogens with zero attached hydrogens (tertiary/aromatic N) is 2. The number of oxime groups is 1. The highest BCUT2D eigenvalue weighted by atomic mass is 19.4. The molecule has 3 rings (SSSR count). The zero-order valence-electron chi connectivity index (χ0n) is 15.1. The Labute approximate surface area is 163 Å². The van der Waals surface area contributed by atoms with Gasteiger partial charge in [0.15, 0.2) is 12.3 Å². The van der Waals surface area contributed by atoms with Crippen LogP contribution in [0.2, 0.25) is 0 Å². The highest BCUT2D eigenvalue weighted by Gasteiger charge is 2.32. The average molecular weight is 408 g/mol. The summed E-state index contributed by atoms with van der Waals surface area (Å²) < 4.78 is 49.6. The van der Waals surface area contributed by atoms with Crippen LogP contribution < -0.4 is 4.74 Å².